The number of hydrogen-bond acceptors (Lipinski definition) is 3. The number of aryl methyl sites for hydroxylation is 1. The quantitative estimate of drug-likeness (QED) is 0.612. The van der Waals surface area contributed by atoms with Crippen molar-refractivity contribution >= 4 is 11.7 Å². The number of unbranched alkanes of at least 4 members (excludes halogenated alkanes) is 1. The highest BCUT2D eigenvalue weighted by Crippen LogP contribution is 2.21. The van der Waals surface area contributed by atoms with Crippen molar-refractivity contribution in [3.05, 3.63) is 23.8 Å². The van der Waals surface area contributed by atoms with E-state index in [2.05, 4.69) is 17.6 Å². The third kappa shape index (κ3) is 6.80. The van der Waals surface area contributed by atoms with E-state index < -0.39 is 0 Å². The molecule has 0 fully saturated rings. The van der Waals surface area contributed by atoms with Crippen LogP contribution in [0.15, 0.2) is 18.2 Å². The number of benzene rings is 1. The van der Waals surface area contributed by atoms with Gasteiger partial charge in [-0.25, -0.2) is 4.79 Å². The number of rotatable bonds is 9. The number of aliphatic hydroxyl groups excluding tert-OH is 1. The molecule has 0 radical (unpaired) electrons. The van der Waals surface area contributed by atoms with Crippen molar-refractivity contribution in [1.82, 2.24) is 5.32 Å². The molecule has 22 heavy (non-hydrogen) atoms. The number of aliphatic hydroxyl groups is 1. The molecule has 0 saturated heterocycles. The Hall–Kier alpha value is -1.75. The third-order valence-corrected chi connectivity index (χ3v) is 3.39. The highest BCUT2D eigenvalue weighted by Gasteiger charge is 2.09. The van der Waals surface area contributed by atoms with Gasteiger partial charge in [0.05, 0.1) is 6.61 Å². The lowest BCUT2D eigenvalue weighted by Gasteiger charge is -2.15. The normalized spacial score (nSPS) is 11.8. The van der Waals surface area contributed by atoms with Crippen LogP contribution in [-0.2, 0) is 0 Å². The van der Waals surface area contributed by atoms with Gasteiger partial charge in [0, 0.05) is 18.3 Å². The number of anilines is 1. The molecule has 1 unspecified atom stereocenters. The van der Waals surface area contributed by atoms with Crippen molar-refractivity contribution in [3.8, 4) is 5.75 Å². The number of amides is 2. The summed E-state index contributed by atoms with van der Waals surface area (Å²) in [6.07, 6.45) is 3.58. The van der Waals surface area contributed by atoms with Crippen LogP contribution in [0.5, 0.6) is 5.75 Å². The molecule has 0 aliphatic rings. The Bertz CT molecular complexity index is 463. The van der Waals surface area contributed by atoms with Crippen LogP contribution < -0.4 is 15.4 Å². The van der Waals surface area contributed by atoms with Crippen LogP contribution >= 0.6 is 0 Å². The van der Waals surface area contributed by atoms with Crippen LogP contribution in [0, 0.1) is 6.92 Å². The largest absolute Gasteiger partial charge is 0.494 e. The van der Waals surface area contributed by atoms with Crippen LogP contribution in [0.1, 0.15) is 45.1 Å². The first-order valence-corrected chi connectivity index (χ1v) is 7.98. The molecule has 1 rings (SSSR count). The number of hydrogen-bond donors (Lipinski definition) is 3. The van der Waals surface area contributed by atoms with Gasteiger partial charge in [-0.15, -0.1) is 0 Å². The van der Waals surface area contributed by atoms with E-state index in [9.17, 15) is 4.79 Å². The van der Waals surface area contributed by atoms with E-state index in [1.807, 2.05) is 32.0 Å². The van der Waals surface area contributed by atoms with Crippen molar-refractivity contribution in [3.63, 3.8) is 0 Å². The lowest BCUT2D eigenvalue weighted by Crippen LogP contribution is -2.36. The van der Waals surface area contributed by atoms with Crippen molar-refractivity contribution in [2.45, 2.75) is 52.5 Å². The van der Waals surface area contributed by atoms with Crippen LogP contribution in [0.3, 0.4) is 0 Å². The number of carbonyl (C=O) groups is 1. The summed E-state index contributed by atoms with van der Waals surface area (Å²) in [4.78, 5) is 11.9. The number of nitrogens with one attached hydrogen (secondary N) is 2. The Balaban J connectivity index is 2.49. The van der Waals surface area contributed by atoms with E-state index in [0.29, 0.717) is 13.0 Å². The van der Waals surface area contributed by atoms with Crippen molar-refractivity contribution < 1.29 is 14.6 Å². The highest BCUT2D eigenvalue weighted by molar-refractivity contribution is 5.90. The second-order valence-electron chi connectivity index (χ2n) is 5.54. The number of urea groups is 1. The minimum absolute atomic E-state index is 0.0316. The zero-order valence-corrected chi connectivity index (χ0v) is 13.8. The minimum Gasteiger partial charge on any atom is -0.494 e. The molecule has 0 aromatic heterocycles. The van der Waals surface area contributed by atoms with Crippen molar-refractivity contribution in [2.24, 2.45) is 0 Å². The van der Waals surface area contributed by atoms with Gasteiger partial charge in [0.25, 0.3) is 0 Å². The van der Waals surface area contributed by atoms with Gasteiger partial charge in [0.1, 0.15) is 5.75 Å². The second kappa shape index (κ2) is 10.1. The Morgan fingerprint density at radius 3 is 2.77 bits per heavy atom. The van der Waals surface area contributed by atoms with Gasteiger partial charge in [-0.05, 0) is 56.9 Å². The molecule has 0 aliphatic carbocycles. The zero-order chi connectivity index (χ0) is 16.4. The van der Waals surface area contributed by atoms with Gasteiger partial charge in [-0.2, -0.15) is 0 Å². The predicted molar refractivity (Wildman–Crippen MR) is 89.5 cm³/mol. The topological polar surface area (TPSA) is 70.6 Å². The Kier molecular flexibility index (Phi) is 8.36. The molecule has 5 heteroatoms. The van der Waals surface area contributed by atoms with Crippen molar-refractivity contribution in [2.75, 3.05) is 18.5 Å². The molecule has 124 valence electrons. The second-order valence-corrected chi connectivity index (χ2v) is 5.54. The van der Waals surface area contributed by atoms with Crippen molar-refractivity contribution in [1.29, 1.82) is 0 Å². The first kappa shape index (κ1) is 18.3. The lowest BCUT2D eigenvalue weighted by atomic mass is 10.2. The Labute approximate surface area is 133 Å². The molecule has 5 nitrogen and oxygen atoms in total. The molecule has 0 bridgehead atoms. The fourth-order valence-electron chi connectivity index (χ4n) is 2.05. The van der Waals surface area contributed by atoms with Gasteiger partial charge in [-0.1, -0.05) is 13.3 Å². The Morgan fingerprint density at radius 1 is 1.36 bits per heavy atom. The summed E-state index contributed by atoms with van der Waals surface area (Å²) in [5.41, 5.74) is 1.74. The summed E-state index contributed by atoms with van der Waals surface area (Å²) in [6, 6.07) is 5.46. The maximum absolute atomic E-state index is 11.9. The summed E-state index contributed by atoms with van der Waals surface area (Å²) >= 11 is 0. The maximum Gasteiger partial charge on any atom is 0.319 e. The molecule has 0 aliphatic heterocycles. The number of carbonyl (C=O) groups excluding carboxylic acids is 1. The average Bonchev–Trinajstić information content (AvgIpc) is 2.48. The van der Waals surface area contributed by atoms with E-state index in [1.54, 1.807) is 0 Å². The first-order valence-electron chi connectivity index (χ1n) is 7.98. The van der Waals surface area contributed by atoms with Crippen LogP contribution in [0.25, 0.3) is 0 Å². The molecule has 1 aromatic carbocycles. The average molecular weight is 308 g/mol. The van der Waals surface area contributed by atoms with E-state index in [-0.39, 0.29) is 18.7 Å². The fraction of sp³-hybridized carbons (Fsp3) is 0.588. The highest BCUT2D eigenvalue weighted by atomic mass is 16.5. The summed E-state index contributed by atoms with van der Waals surface area (Å²) in [5, 5.41) is 14.5. The van der Waals surface area contributed by atoms with Gasteiger partial charge in [-0.3, -0.25) is 0 Å². The summed E-state index contributed by atoms with van der Waals surface area (Å²) < 4.78 is 5.64. The predicted octanol–water partition coefficient (Wildman–Crippen LogP) is 3.46. The third-order valence-electron chi connectivity index (χ3n) is 3.39. The zero-order valence-electron chi connectivity index (χ0n) is 13.8. The molecule has 1 aromatic rings. The van der Waals surface area contributed by atoms with Gasteiger partial charge < -0.3 is 20.5 Å². The fourth-order valence-corrected chi connectivity index (χ4v) is 2.05. The molecule has 0 heterocycles. The monoisotopic (exact) mass is 308 g/mol. The lowest BCUT2D eigenvalue weighted by molar-refractivity contribution is 0.245. The molecule has 1 atom stereocenters. The van der Waals surface area contributed by atoms with Gasteiger partial charge in [0.15, 0.2) is 0 Å². The minimum atomic E-state index is -0.229. The molecule has 0 spiro atoms. The summed E-state index contributed by atoms with van der Waals surface area (Å²) in [7, 11) is 0. The van der Waals surface area contributed by atoms with Crippen LogP contribution in [0.2, 0.25) is 0 Å². The summed E-state index contributed by atoms with van der Waals surface area (Å²) in [5.74, 6) is 0.827. The smallest absolute Gasteiger partial charge is 0.319 e. The molecule has 3 N–H and O–H groups in total. The van der Waals surface area contributed by atoms with E-state index in [4.69, 9.17) is 9.84 Å². The standard InChI is InChI=1S/C17H28N2O3/c1-4-5-11-22-15-8-9-16(13(2)12-15)19-17(21)18-14(3)7-6-10-20/h8-9,12,14,20H,4-7,10-11H2,1-3H3,(H2,18,19,21). The van der Waals surface area contributed by atoms with Crippen LogP contribution in [0.4, 0.5) is 10.5 Å². The molecular formula is C17H28N2O3. The molecular weight excluding hydrogens is 280 g/mol. The molecule has 2 amide bonds. The van der Waals surface area contributed by atoms with E-state index in [1.165, 1.54) is 0 Å². The molecule has 0 saturated carbocycles. The van der Waals surface area contributed by atoms with Crippen LogP contribution in [-0.4, -0.2) is 30.4 Å². The number of ether oxygens (including phenoxy) is 1. The van der Waals surface area contributed by atoms with Gasteiger partial charge >= 0.3 is 6.03 Å². The maximum atomic E-state index is 11.9. The van der Waals surface area contributed by atoms with Gasteiger partial charge in [0.2, 0.25) is 0 Å². The Morgan fingerprint density at radius 2 is 2.14 bits per heavy atom. The van der Waals surface area contributed by atoms with E-state index in [0.717, 1.165) is 36.3 Å². The SMILES string of the molecule is CCCCOc1ccc(NC(=O)NC(C)CCCO)c(C)c1. The summed E-state index contributed by atoms with van der Waals surface area (Å²) in [6.45, 7) is 6.85. The van der Waals surface area contributed by atoms with E-state index >= 15 is 0 Å². The first-order chi connectivity index (χ1) is 10.6.